The Morgan fingerprint density at radius 2 is 1.71 bits per heavy atom. The summed E-state index contributed by atoms with van der Waals surface area (Å²) in [5.41, 5.74) is 0.496. The first kappa shape index (κ1) is 28.1. The number of rotatable bonds is 12. The van der Waals surface area contributed by atoms with Gasteiger partial charge in [0.25, 0.3) is 0 Å². The minimum Gasteiger partial charge on any atom is -0.497 e. The molecule has 0 saturated heterocycles. The molecular formula is C25H34FN3O5S. The van der Waals surface area contributed by atoms with Gasteiger partial charge in [-0.05, 0) is 42.2 Å². The first-order valence-corrected chi connectivity index (χ1v) is 13.2. The summed E-state index contributed by atoms with van der Waals surface area (Å²) in [5, 5.41) is 2.85. The highest BCUT2D eigenvalue weighted by molar-refractivity contribution is 7.92. The molecule has 0 radical (unpaired) electrons. The Labute approximate surface area is 207 Å². The molecule has 35 heavy (non-hydrogen) atoms. The third-order valence-electron chi connectivity index (χ3n) is 5.38. The average Bonchev–Trinajstić information content (AvgIpc) is 2.81. The molecule has 1 atom stereocenters. The highest BCUT2D eigenvalue weighted by Gasteiger charge is 2.32. The van der Waals surface area contributed by atoms with E-state index in [0.29, 0.717) is 18.7 Å². The van der Waals surface area contributed by atoms with E-state index in [9.17, 15) is 22.4 Å². The van der Waals surface area contributed by atoms with Crippen molar-refractivity contribution in [1.29, 1.82) is 0 Å². The summed E-state index contributed by atoms with van der Waals surface area (Å²) in [7, 11) is -2.46. The molecule has 0 heterocycles. The molecule has 0 aliphatic carbocycles. The van der Waals surface area contributed by atoms with Gasteiger partial charge in [-0.1, -0.05) is 45.0 Å². The van der Waals surface area contributed by atoms with E-state index in [4.69, 9.17) is 4.74 Å². The quantitative estimate of drug-likeness (QED) is 0.476. The molecule has 0 aromatic heterocycles. The second-order valence-corrected chi connectivity index (χ2v) is 10.6. The summed E-state index contributed by atoms with van der Waals surface area (Å²) >= 11 is 0. The summed E-state index contributed by atoms with van der Waals surface area (Å²) in [6.07, 6.45) is 1.22. The zero-order chi connectivity index (χ0) is 26.2. The second kappa shape index (κ2) is 12.5. The normalized spacial score (nSPS) is 12.2. The number of halogens is 1. The molecule has 0 aliphatic heterocycles. The van der Waals surface area contributed by atoms with Crippen molar-refractivity contribution in [3.05, 3.63) is 59.9 Å². The van der Waals surface area contributed by atoms with Gasteiger partial charge in [-0.25, -0.2) is 12.8 Å². The Hall–Kier alpha value is -3.14. The monoisotopic (exact) mass is 507 g/mol. The Bertz CT molecular complexity index is 1110. The maximum atomic E-state index is 14.5. The Morgan fingerprint density at radius 1 is 1.09 bits per heavy atom. The molecule has 1 unspecified atom stereocenters. The van der Waals surface area contributed by atoms with Gasteiger partial charge in [-0.15, -0.1) is 0 Å². The Balaban J connectivity index is 2.42. The van der Waals surface area contributed by atoms with Crippen molar-refractivity contribution in [2.24, 2.45) is 5.92 Å². The lowest BCUT2D eigenvalue weighted by Gasteiger charge is -2.33. The summed E-state index contributed by atoms with van der Waals surface area (Å²) < 4.78 is 45.4. The van der Waals surface area contributed by atoms with Crippen LogP contribution in [0.2, 0.25) is 0 Å². The number of amides is 2. The van der Waals surface area contributed by atoms with Crippen molar-refractivity contribution in [2.45, 2.75) is 39.8 Å². The van der Waals surface area contributed by atoms with E-state index < -0.39 is 34.3 Å². The second-order valence-electron chi connectivity index (χ2n) is 8.65. The number of nitrogens with zero attached hydrogens (tertiary/aromatic N) is 2. The molecule has 0 bridgehead atoms. The molecule has 2 rings (SSSR count). The van der Waals surface area contributed by atoms with Gasteiger partial charge < -0.3 is 15.0 Å². The third-order valence-corrected chi connectivity index (χ3v) is 6.51. The first-order valence-electron chi connectivity index (χ1n) is 11.4. The van der Waals surface area contributed by atoms with E-state index in [0.717, 1.165) is 22.2 Å². The van der Waals surface area contributed by atoms with Crippen LogP contribution in [0.3, 0.4) is 0 Å². The average molecular weight is 508 g/mol. The standard InChI is InChI=1S/C25H34FN3O5S/c1-6-22(25(31)27-15-18(2)3)28(16-19-11-13-20(34-4)14-12-19)24(30)17-29(35(5,32)33)23-10-8-7-9-21(23)26/h7-14,18,22H,6,15-17H2,1-5H3,(H,27,31). The molecule has 0 fully saturated rings. The lowest BCUT2D eigenvalue weighted by molar-refractivity contribution is -0.140. The van der Waals surface area contributed by atoms with Gasteiger partial charge in [0.1, 0.15) is 24.2 Å². The zero-order valence-corrected chi connectivity index (χ0v) is 21.6. The Morgan fingerprint density at radius 3 is 2.23 bits per heavy atom. The fourth-order valence-corrected chi connectivity index (χ4v) is 4.37. The van der Waals surface area contributed by atoms with Crippen LogP contribution >= 0.6 is 0 Å². The highest BCUT2D eigenvalue weighted by atomic mass is 32.2. The SMILES string of the molecule is CCC(C(=O)NCC(C)C)N(Cc1ccc(OC)cc1)C(=O)CN(c1ccccc1F)S(C)(=O)=O. The molecule has 10 heteroatoms. The molecular weight excluding hydrogens is 473 g/mol. The number of anilines is 1. The number of hydrogen-bond donors (Lipinski definition) is 1. The van der Waals surface area contributed by atoms with E-state index in [1.54, 1.807) is 38.3 Å². The number of carbonyl (C=O) groups is 2. The van der Waals surface area contributed by atoms with E-state index >= 15 is 0 Å². The number of hydrogen-bond acceptors (Lipinski definition) is 5. The largest absolute Gasteiger partial charge is 0.497 e. The predicted octanol–water partition coefficient (Wildman–Crippen LogP) is 3.18. The molecule has 0 spiro atoms. The molecule has 2 aromatic rings. The summed E-state index contributed by atoms with van der Waals surface area (Å²) in [4.78, 5) is 27.9. The van der Waals surface area contributed by atoms with Crippen molar-refractivity contribution in [1.82, 2.24) is 10.2 Å². The van der Waals surface area contributed by atoms with Crippen molar-refractivity contribution in [3.8, 4) is 5.75 Å². The van der Waals surface area contributed by atoms with Crippen LogP contribution in [0.4, 0.5) is 10.1 Å². The van der Waals surface area contributed by atoms with E-state index in [1.165, 1.54) is 23.1 Å². The maximum Gasteiger partial charge on any atom is 0.244 e. The number of nitrogens with one attached hydrogen (secondary N) is 1. The van der Waals surface area contributed by atoms with Crippen LogP contribution < -0.4 is 14.4 Å². The van der Waals surface area contributed by atoms with Crippen LogP contribution in [0.1, 0.15) is 32.8 Å². The number of benzene rings is 2. The van der Waals surface area contributed by atoms with Gasteiger partial charge >= 0.3 is 0 Å². The molecule has 1 N–H and O–H groups in total. The van der Waals surface area contributed by atoms with Crippen LogP contribution in [-0.2, 0) is 26.2 Å². The topological polar surface area (TPSA) is 96.0 Å². The lowest BCUT2D eigenvalue weighted by atomic mass is 10.1. The molecule has 0 saturated carbocycles. The minimum absolute atomic E-state index is 0.0608. The van der Waals surface area contributed by atoms with E-state index in [2.05, 4.69) is 5.32 Å². The van der Waals surface area contributed by atoms with E-state index in [-0.39, 0.29) is 24.1 Å². The van der Waals surface area contributed by atoms with Gasteiger partial charge in [0.2, 0.25) is 21.8 Å². The van der Waals surface area contributed by atoms with Gasteiger partial charge in [-0.3, -0.25) is 13.9 Å². The summed E-state index contributed by atoms with van der Waals surface area (Å²) in [6.45, 7) is 5.54. The predicted molar refractivity (Wildman–Crippen MR) is 134 cm³/mol. The van der Waals surface area contributed by atoms with Crippen LogP contribution in [0.25, 0.3) is 0 Å². The lowest BCUT2D eigenvalue weighted by Crippen LogP contribution is -2.52. The fraction of sp³-hybridized carbons (Fsp3) is 0.440. The van der Waals surface area contributed by atoms with Crippen molar-refractivity contribution in [3.63, 3.8) is 0 Å². The molecule has 0 aliphatic rings. The fourth-order valence-electron chi connectivity index (χ4n) is 3.52. The van der Waals surface area contributed by atoms with Crippen LogP contribution in [0, 0.1) is 11.7 Å². The number of ether oxygens (including phenoxy) is 1. The zero-order valence-electron chi connectivity index (χ0n) is 20.8. The van der Waals surface area contributed by atoms with Gasteiger partial charge in [0.05, 0.1) is 19.1 Å². The van der Waals surface area contributed by atoms with Crippen molar-refractivity contribution >= 4 is 27.5 Å². The van der Waals surface area contributed by atoms with Crippen LogP contribution in [-0.4, -0.2) is 57.6 Å². The summed E-state index contributed by atoms with van der Waals surface area (Å²) in [6, 6.07) is 11.5. The Kier molecular flexibility index (Phi) is 10.1. The first-order chi connectivity index (χ1) is 16.5. The van der Waals surface area contributed by atoms with E-state index in [1.807, 2.05) is 13.8 Å². The minimum atomic E-state index is -4.00. The summed E-state index contributed by atoms with van der Waals surface area (Å²) in [5.74, 6) is -0.879. The molecule has 2 amide bonds. The molecule has 2 aromatic carbocycles. The van der Waals surface area contributed by atoms with Gasteiger partial charge in [-0.2, -0.15) is 0 Å². The van der Waals surface area contributed by atoms with Crippen LogP contribution in [0.5, 0.6) is 5.75 Å². The maximum absolute atomic E-state index is 14.5. The van der Waals surface area contributed by atoms with Crippen LogP contribution in [0.15, 0.2) is 48.5 Å². The molecule has 192 valence electrons. The highest BCUT2D eigenvalue weighted by Crippen LogP contribution is 2.23. The van der Waals surface area contributed by atoms with Gasteiger partial charge in [0, 0.05) is 13.1 Å². The smallest absolute Gasteiger partial charge is 0.244 e. The number of carbonyl (C=O) groups excluding carboxylic acids is 2. The van der Waals surface area contributed by atoms with Crippen molar-refractivity contribution in [2.75, 3.05) is 30.8 Å². The third kappa shape index (κ3) is 7.95. The van der Waals surface area contributed by atoms with Crippen molar-refractivity contribution < 1.29 is 27.1 Å². The number of para-hydroxylation sites is 1. The molecule has 8 nitrogen and oxygen atoms in total. The van der Waals surface area contributed by atoms with Gasteiger partial charge in [0.15, 0.2) is 0 Å². The number of methoxy groups -OCH3 is 1. The number of sulfonamides is 1.